The Bertz CT molecular complexity index is 1170. The number of imidazole rings is 1. The van der Waals surface area contributed by atoms with Crippen molar-refractivity contribution in [3.63, 3.8) is 0 Å². The van der Waals surface area contributed by atoms with Gasteiger partial charge in [0.1, 0.15) is 5.82 Å². The number of sulfonamides is 1. The molecule has 9 nitrogen and oxygen atoms in total. The van der Waals surface area contributed by atoms with Gasteiger partial charge in [-0.2, -0.15) is 4.31 Å². The zero-order chi connectivity index (χ0) is 21.3. The lowest BCUT2D eigenvalue weighted by atomic mass is 10.2. The summed E-state index contributed by atoms with van der Waals surface area (Å²) in [6.07, 6.45) is 8.14. The van der Waals surface area contributed by atoms with Crippen LogP contribution in [0.1, 0.15) is 37.3 Å². The second-order valence-corrected chi connectivity index (χ2v) is 9.02. The minimum absolute atomic E-state index is 0.179. The highest BCUT2D eigenvalue weighted by Crippen LogP contribution is 2.36. The summed E-state index contributed by atoms with van der Waals surface area (Å²) in [6, 6.07) is 5.80. The summed E-state index contributed by atoms with van der Waals surface area (Å²) in [5.74, 6) is 1.17. The van der Waals surface area contributed by atoms with Gasteiger partial charge in [-0.1, -0.05) is 0 Å². The minimum Gasteiger partial charge on any atom is -0.326 e. The van der Waals surface area contributed by atoms with Gasteiger partial charge in [0.2, 0.25) is 15.9 Å². The van der Waals surface area contributed by atoms with Gasteiger partial charge in [0.05, 0.1) is 29.0 Å². The molecular formula is C20H22N6O3S. The lowest BCUT2D eigenvalue weighted by Crippen LogP contribution is -2.31. The van der Waals surface area contributed by atoms with Gasteiger partial charge in [-0.05, 0) is 44.0 Å². The van der Waals surface area contributed by atoms with E-state index in [1.54, 1.807) is 36.9 Å². The maximum atomic E-state index is 13.3. The maximum absolute atomic E-state index is 13.3. The number of carbonyl (C=O) groups excluding carboxylic acids is 1. The van der Waals surface area contributed by atoms with Gasteiger partial charge in [-0.3, -0.25) is 14.3 Å². The van der Waals surface area contributed by atoms with Gasteiger partial charge in [-0.25, -0.2) is 18.4 Å². The molecule has 1 atom stereocenters. The first-order valence-electron chi connectivity index (χ1n) is 9.58. The van der Waals surface area contributed by atoms with Gasteiger partial charge in [0.25, 0.3) is 0 Å². The Morgan fingerprint density at radius 1 is 1.20 bits per heavy atom. The van der Waals surface area contributed by atoms with Crippen molar-refractivity contribution in [2.75, 3.05) is 11.9 Å². The SMILES string of the molecule is CC(=O)Nc1ccc(S(=O)(=O)N2CCC[C@@H]2c2cncc(-n3ccnc3C)n2)cc1. The van der Waals surface area contributed by atoms with E-state index in [0.717, 1.165) is 12.2 Å². The molecule has 10 heteroatoms. The number of anilines is 1. The average molecular weight is 427 g/mol. The van der Waals surface area contributed by atoms with E-state index in [1.165, 1.54) is 23.4 Å². The van der Waals surface area contributed by atoms with Gasteiger partial charge < -0.3 is 5.32 Å². The second-order valence-electron chi connectivity index (χ2n) is 7.13. The molecule has 0 bridgehead atoms. The predicted octanol–water partition coefficient (Wildman–Crippen LogP) is 2.45. The van der Waals surface area contributed by atoms with E-state index in [9.17, 15) is 13.2 Å². The number of hydrogen-bond acceptors (Lipinski definition) is 6. The van der Waals surface area contributed by atoms with E-state index in [0.29, 0.717) is 30.2 Å². The Morgan fingerprint density at radius 3 is 2.63 bits per heavy atom. The number of aryl methyl sites for hydroxylation is 1. The van der Waals surface area contributed by atoms with Crippen molar-refractivity contribution in [2.45, 2.75) is 37.6 Å². The molecule has 4 rings (SSSR count). The molecule has 1 aromatic carbocycles. The van der Waals surface area contributed by atoms with Crippen molar-refractivity contribution in [2.24, 2.45) is 0 Å². The molecule has 0 radical (unpaired) electrons. The summed E-state index contributed by atoms with van der Waals surface area (Å²) in [5, 5.41) is 2.64. The third-order valence-electron chi connectivity index (χ3n) is 5.04. The van der Waals surface area contributed by atoms with Crippen LogP contribution >= 0.6 is 0 Å². The first-order valence-corrected chi connectivity index (χ1v) is 11.0. The summed E-state index contributed by atoms with van der Waals surface area (Å²) in [5.41, 5.74) is 1.16. The van der Waals surface area contributed by atoms with Gasteiger partial charge >= 0.3 is 0 Å². The van der Waals surface area contributed by atoms with Crippen molar-refractivity contribution in [1.29, 1.82) is 0 Å². The highest BCUT2D eigenvalue weighted by atomic mass is 32.2. The van der Waals surface area contributed by atoms with E-state index in [1.807, 2.05) is 11.5 Å². The molecule has 1 aliphatic rings. The largest absolute Gasteiger partial charge is 0.326 e. The zero-order valence-corrected chi connectivity index (χ0v) is 17.5. The average Bonchev–Trinajstić information content (AvgIpc) is 3.37. The molecule has 156 valence electrons. The van der Waals surface area contributed by atoms with E-state index in [4.69, 9.17) is 0 Å². The highest BCUT2D eigenvalue weighted by molar-refractivity contribution is 7.89. The van der Waals surface area contributed by atoms with Crippen molar-refractivity contribution < 1.29 is 13.2 Å². The molecule has 0 spiro atoms. The van der Waals surface area contributed by atoms with Crippen molar-refractivity contribution in [1.82, 2.24) is 23.8 Å². The third kappa shape index (κ3) is 3.83. The van der Waals surface area contributed by atoms with Crippen molar-refractivity contribution >= 4 is 21.6 Å². The minimum atomic E-state index is -3.72. The molecule has 30 heavy (non-hydrogen) atoms. The first-order chi connectivity index (χ1) is 14.4. The number of rotatable bonds is 5. The van der Waals surface area contributed by atoms with Crippen LogP contribution < -0.4 is 5.32 Å². The molecule has 1 amide bonds. The Balaban J connectivity index is 1.63. The molecule has 1 saturated heterocycles. The number of nitrogens with one attached hydrogen (secondary N) is 1. The summed E-state index contributed by atoms with van der Waals surface area (Å²) in [6.45, 7) is 3.68. The molecule has 2 aromatic heterocycles. The smallest absolute Gasteiger partial charge is 0.243 e. The van der Waals surface area contributed by atoms with E-state index in [-0.39, 0.29) is 16.8 Å². The number of hydrogen-bond donors (Lipinski definition) is 1. The molecular weight excluding hydrogens is 404 g/mol. The van der Waals surface area contributed by atoms with Crippen LogP contribution in [0.2, 0.25) is 0 Å². The van der Waals surface area contributed by atoms with Gasteiger partial charge in [0, 0.05) is 31.5 Å². The molecule has 1 N–H and O–H groups in total. The fraction of sp³-hybridized carbons (Fsp3) is 0.300. The Kier molecular flexibility index (Phi) is 5.35. The van der Waals surface area contributed by atoms with E-state index in [2.05, 4.69) is 20.3 Å². The lowest BCUT2D eigenvalue weighted by molar-refractivity contribution is -0.114. The summed E-state index contributed by atoms with van der Waals surface area (Å²) in [4.78, 5) is 24.5. The van der Waals surface area contributed by atoms with Crippen molar-refractivity contribution in [3.05, 3.63) is 60.6 Å². The molecule has 3 aromatic rings. The first kappa shape index (κ1) is 20.2. The fourth-order valence-electron chi connectivity index (χ4n) is 3.64. The van der Waals surface area contributed by atoms with Gasteiger partial charge in [-0.15, -0.1) is 0 Å². The monoisotopic (exact) mass is 426 g/mol. The zero-order valence-electron chi connectivity index (χ0n) is 16.7. The number of benzene rings is 1. The molecule has 0 aliphatic carbocycles. The molecule has 0 saturated carbocycles. The van der Waals surface area contributed by atoms with Crippen LogP contribution in [0.4, 0.5) is 5.69 Å². The van der Waals surface area contributed by atoms with Crippen LogP contribution in [0, 0.1) is 6.92 Å². The fourth-order valence-corrected chi connectivity index (χ4v) is 5.31. The predicted molar refractivity (Wildman–Crippen MR) is 111 cm³/mol. The second kappa shape index (κ2) is 7.96. The quantitative estimate of drug-likeness (QED) is 0.671. The topological polar surface area (TPSA) is 110 Å². The Labute approximate surface area is 174 Å². The molecule has 3 heterocycles. The van der Waals surface area contributed by atoms with E-state index >= 15 is 0 Å². The van der Waals surface area contributed by atoms with Gasteiger partial charge in [0.15, 0.2) is 5.82 Å². The van der Waals surface area contributed by atoms with Crippen molar-refractivity contribution in [3.8, 4) is 5.82 Å². The summed E-state index contributed by atoms with van der Waals surface area (Å²) < 4.78 is 29.9. The van der Waals surface area contributed by atoms with Crippen LogP contribution in [-0.2, 0) is 14.8 Å². The number of amides is 1. The number of carbonyl (C=O) groups is 1. The summed E-state index contributed by atoms with van der Waals surface area (Å²) in [7, 11) is -3.72. The highest BCUT2D eigenvalue weighted by Gasteiger charge is 2.37. The maximum Gasteiger partial charge on any atom is 0.243 e. The van der Waals surface area contributed by atoms with Crippen LogP contribution in [-0.4, -0.2) is 44.7 Å². The van der Waals surface area contributed by atoms with Crippen LogP contribution in [0.15, 0.2) is 53.9 Å². The number of nitrogens with zero attached hydrogens (tertiary/aromatic N) is 5. The molecule has 1 fully saturated rings. The third-order valence-corrected chi connectivity index (χ3v) is 6.96. The Hall–Kier alpha value is -3.11. The Morgan fingerprint density at radius 2 is 1.97 bits per heavy atom. The summed E-state index contributed by atoms with van der Waals surface area (Å²) >= 11 is 0. The molecule has 0 unspecified atom stereocenters. The number of aromatic nitrogens is 4. The standard InChI is InChI=1S/C20H22N6O3S/c1-14-22-9-11-25(14)20-13-21-12-18(24-20)19-4-3-10-26(19)30(28,29)17-7-5-16(6-8-17)23-15(2)27/h5-9,11-13,19H,3-4,10H2,1-2H3,(H,23,27)/t19-/m1/s1. The normalized spacial score (nSPS) is 17.2. The van der Waals surface area contributed by atoms with E-state index < -0.39 is 10.0 Å². The van der Waals surface area contributed by atoms with Crippen LogP contribution in [0.3, 0.4) is 0 Å². The van der Waals surface area contributed by atoms with Crippen LogP contribution in [0.5, 0.6) is 0 Å². The lowest BCUT2D eigenvalue weighted by Gasteiger charge is -2.24. The molecule has 1 aliphatic heterocycles. The van der Waals surface area contributed by atoms with Crippen LogP contribution in [0.25, 0.3) is 5.82 Å².